The number of unbranched alkanes of at least 4 members (excludes halogenated alkanes) is 1. The molecule has 0 saturated carbocycles. The Bertz CT molecular complexity index is 1210. The summed E-state index contributed by atoms with van der Waals surface area (Å²) >= 11 is 0. The number of carbonyl (C=O) groups excluding carboxylic acids is 2. The molecule has 0 spiro atoms. The van der Waals surface area contributed by atoms with Gasteiger partial charge in [-0.15, -0.1) is 0 Å². The van der Waals surface area contributed by atoms with E-state index in [2.05, 4.69) is 22.9 Å². The molecule has 0 bridgehead atoms. The van der Waals surface area contributed by atoms with Crippen LogP contribution in [0.3, 0.4) is 0 Å². The number of hydrogen-bond acceptors (Lipinski definition) is 6. The molecule has 40 heavy (non-hydrogen) atoms. The van der Waals surface area contributed by atoms with Crippen molar-refractivity contribution >= 4 is 23.5 Å². The molecule has 0 radical (unpaired) electrons. The second-order valence-electron chi connectivity index (χ2n) is 11.2. The number of benzene rings is 1. The number of anilines is 1. The molecule has 3 atom stereocenters. The first-order chi connectivity index (χ1) is 19.5. The fraction of sp³-hybridized carbons (Fsp3) is 0.548. The Hall–Kier alpha value is -3.46. The first-order valence-corrected chi connectivity index (χ1v) is 14.7. The first-order valence-electron chi connectivity index (χ1n) is 14.7. The maximum Gasteiger partial charge on any atom is 0.308 e. The van der Waals surface area contributed by atoms with Gasteiger partial charge in [0.1, 0.15) is 5.75 Å². The predicted molar refractivity (Wildman–Crippen MR) is 151 cm³/mol. The number of hydrogen-bond donors (Lipinski definition) is 1. The minimum absolute atomic E-state index is 0.0624. The number of carboxylic acids is 1. The van der Waals surface area contributed by atoms with Gasteiger partial charge in [0, 0.05) is 57.2 Å². The Morgan fingerprint density at radius 2 is 2.08 bits per heavy atom. The van der Waals surface area contributed by atoms with E-state index in [1.165, 1.54) is 0 Å². The van der Waals surface area contributed by atoms with E-state index in [1.54, 1.807) is 17.3 Å². The minimum atomic E-state index is -0.859. The van der Waals surface area contributed by atoms with E-state index in [-0.39, 0.29) is 30.3 Å². The van der Waals surface area contributed by atoms with Crippen molar-refractivity contribution in [3.63, 3.8) is 0 Å². The van der Waals surface area contributed by atoms with E-state index in [0.717, 1.165) is 54.7 Å². The molecule has 0 aliphatic carbocycles. The first kappa shape index (κ1) is 28.1. The summed E-state index contributed by atoms with van der Waals surface area (Å²) in [5.74, 6) is -0.870. The van der Waals surface area contributed by atoms with Crippen molar-refractivity contribution in [1.82, 2.24) is 14.8 Å². The topological polar surface area (TPSA) is 103 Å². The van der Waals surface area contributed by atoms with Crippen molar-refractivity contribution in [2.45, 2.75) is 63.8 Å². The maximum absolute atomic E-state index is 13.8. The molecule has 1 aromatic heterocycles. The molecule has 3 aliphatic heterocycles. The van der Waals surface area contributed by atoms with Crippen molar-refractivity contribution in [3.8, 4) is 5.75 Å². The highest BCUT2D eigenvalue weighted by Gasteiger charge is 2.47. The predicted octanol–water partition coefficient (Wildman–Crippen LogP) is 3.72. The van der Waals surface area contributed by atoms with Crippen LogP contribution in [-0.4, -0.2) is 83.0 Å². The van der Waals surface area contributed by atoms with E-state index >= 15 is 0 Å². The molecule has 2 aromatic rings. The van der Waals surface area contributed by atoms with Gasteiger partial charge in [0.05, 0.1) is 31.0 Å². The second-order valence-corrected chi connectivity index (χ2v) is 11.2. The smallest absolute Gasteiger partial charge is 0.308 e. The molecule has 2 amide bonds. The Labute approximate surface area is 236 Å². The molecule has 2 fully saturated rings. The van der Waals surface area contributed by atoms with Crippen LogP contribution in [0, 0.1) is 5.92 Å². The van der Waals surface area contributed by atoms with Crippen LogP contribution in [0.25, 0.3) is 0 Å². The molecule has 9 heteroatoms. The number of aliphatic carboxylic acids is 1. The lowest BCUT2D eigenvalue weighted by molar-refractivity contribution is -0.143. The van der Waals surface area contributed by atoms with Crippen LogP contribution < -0.4 is 9.64 Å². The second kappa shape index (κ2) is 12.8. The van der Waals surface area contributed by atoms with Crippen LogP contribution in [0.2, 0.25) is 0 Å². The van der Waals surface area contributed by atoms with Crippen LogP contribution in [-0.2, 0) is 20.8 Å². The van der Waals surface area contributed by atoms with Crippen LogP contribution >= 0.6 is 0 Å². The molecule has 9 nitrogen and oxygen atoms in total. The van der Waals surface area contributed by atoms with E-state index in [9.17, 15) is 19.5 Å². The fourth-order valence-electron chi connectivity index (χ4n) is 6.50. The van der Waals surface area contributed by atoms with E-state index in [0.29, 0.717) is 45.6 Å². The molecular weight excluding hydrogens is 508 g/mol. The standard InChI is InChI=1S/C31H40N4O5/c1-2-3-15-35(24-7-6-13-32-19-24)29(37)21-34-20-25(22-9-10-27-23(18-22)12-17-40-27)30(31(38)39)26(34)11-16-33-14-5-4-8-28(33)36/h6-7,9-10,13,18-19,25-26,30H,2-5,8,11-12,14-17,20-21H2,1H3,(H,38,39)/t25-,26+,30-/m1/s1. The molecule has 4 heterocycles. The lowest BCUT2D eigenvalue weighted by Gasteiger charge is -2.32. The number of pyridine rings is 1. The quantitative estimate of drug-likeness (QED) is 0.457. The zero-order valence-electron chi connectivity index (χ0n) is 23.3. The fourth-order valence-corrected chi connectivity index (χ4v) is 6.50. The maximum atomic E-state index is 13.8. The van der Waals surface area contributed by atoms with E-state index in [1.807, 2.05) is 29.2 Å². The Morgan fingerprint density at radius 1 is 1.20 bits per heavy atom. The van der Waals surface area contributed by atoms with Gasteiger partial charge in [0.25, 0.3) is 0 Å². The third-order valence-corrected chi connectivity index (χ3v) is 8.62. The van der Waals surface area contributed by atoms with Crippen LogP contribution in [0.5, 0.6) is 5.75 Å². The lowest BCUT2D eigenvalue weighted by atomic mass is 9.83. The zero-order chi connectivity index (χ0) is 28.1. The Morgan fingerprint density at radius 3 is 2.83 bits per heavy atom. The number of amides is 2. The average molecular weight is 549 g/mol. The summed E-state index contributed by atoms with van der Waals surface area (Å²) in [5.41, 5.74) is 2.83. The van der Waals surface area contributed by atoms with Crippen LogP contribution in [0.4, 0.5) is 5.69 Å². The highest BCUT2D eigenvalue weighted by atomic mass is 16.5. The third kappa shape index (κ3) is 6.14. The van der Waals surface area contributed by atoms with Gasteiger partial charge in [-0.25, -0.2) is 0 Å². The van der Waals surface area contributed by atoms with Crippen LogP contribution in [0.1, 0.15) is 62.5 Å². The number of carbonyl (C=O) groups is 3. The Balaban J connectivity index is 1.42. The number of carboxylic acid groups (broad SMARTS) is 1. The van der Waals surface area contributed by atoms with Gasteiger partial charge in [0.2, 0.25) is 11.8 Å². The molecule has 5 rings (SSSR count). The highest BCUT2D eigenvalue weighted by molar-refractivity contribution is 5.94. The zero-order valence-corrected chi connectivity index (χ0v) is 23.3. The summed E-state index contributed by atoms with van der Waals surface area (Å²) in [4.78, 5) is 49.1. The van der Waals surface area contributed by atoms with Gasteiger partial charge in [-0.05, 0) is 55.0 Å². The number of piperidine rings is 1. The summed E-state index contributed by atoms with van der Waals surface area (Å²) in [6, 6.07) is 9.35. The summed E-state index contributed by atoms with van der Waals surface area (Å²) in [7, 11) is 0. The highest BCUT2D eigenvalue weighted by Crippen LogP contribution is 2.41. The lowest BCUT2D eigenvalue weighted by Crippen LogP contribution is -2.46. The van der Waals surface area contributed by atoms with E-state index in [4.69, 9.17) is 4.74 Å². The molecule has 0 unspecified atom stereocenters. The number of fused-ring (bicyclic) bond motifs is 1. The van der Waals surface area contributed by atoms with Gasteiger partial charge in [0.15, 0.2) is 0 Å². The number of nitrogens with zero attached hydrogens (tertiary/aromatic N) is 4. The molecule has 3 aliphatic rings. The van der Waals surface area contributed by atoms with Crippen molar-refractivity contribution in [3.05, 3.63) is 53.9 Å². The van der Waals surface area contributed by atoms with E-state index < -0.39 is 11.9 Å². The summed E-state index contributed by atoms with van der Waals surface area (Å²) in [6.07, 6.45) is 8.95. The van der Waals surface area contributed by atoms with Gasteiger partial charge >= 0.3 is 5.97 Å². The minimum Gasteiger partial charge on any atom is -0.493 e. The third-order valence-electron chi connectivity index (χ3n) is 8.62. The van der Waals surface area contributed by atoms with Crippen molar-refractivity contribution in [2.24, 2.45) is 5.92 Å². The van der Waals surface area contributed by atoms with Gasteiger partial charge in [-0.3, -0.25) is 24.3 Å². The van der Waals surface area contributed by atoms with Gasteiger partial charge < -0.3 is 19.6 Å². The van der Waals surface area contributed by atoms with Crippen LogP contribution in [0.15, 0.2) is 42.7 Å². The summed E-state index contributed by atoms with van der Waals surface area (Å²) in [5, 5.41) is 10.5. The number of aromatic nitrogens is 1. The molecular formula is C31H40N4O5. The van der Waals surface area contributed by atoms with Gasteiger partial charge in [-0.2, -0.15) is 0 Å². The summed E-state index contributed by atoms with van der Waals surface area (Å²) < 4.78 is 5.68. The molecule has 214 valence electrons. The van der Waals surface area contributed by atoms with Gasteiger partial charge in [-0.1, -0.05) is 25.5 Å². The van der Waals surface area contributed by atoms with Crippen molar-refractivity contribution in [1.29, 1.82) is 0 Å². The molecule has 2 saturated heterocycles. The molecule has 1 N–H and O–H groups in total. The largest absolute Gasteiger partial charge is 0.493 e. The Kier molecular flexibility index (Phi) is 8.99. The normalized spacial score (nSPS) is 22.7. The SMILES string of the molecule is CCCCN(C(=O)CN1C[C@H](c2ccc3c(c2)CCO3)[C@@H](C(=O)O)[C@@H]1CCN1CCCCC1=O)c1cccnc1. The number of rotatable bonds is 11. The average Bonchev–Trinajstić information content (AvgIpc) is 3.57. The monoisotopic (exact) mass is 548 g/mol. The molecule has 1 aromatic carbocycles. The number of likely N-dealkylation sites (tertiary alicyclic amines) is 2. The number of ether oxygens (including phenoxy) is 1. The van der Waals surface area contributed by atoms with Crippen molar-refractivity contribution in [2.75, 3.05) is 44.2 Å². The summed E-state index contributed by atoms with van der Waals surface area (Å²) in [6.45, 7) is 5.11. The van der Waals surface area contributed by atoms with Crippen molar-refractivity contribution < 1.29 is 24.2 Å².